The van der Waals surface area contributed by atoms with Gasteiger partial charge in [0.25, 0.3) is 23.6 Å². The summed E-state index contributed by atoms with van der Waals surface area (Å²) in [7, 11) is 0. The molecule has 1 saturated heterocycles. The molecular formula is C49H67F4N9O7S. The SMILES string of the molecule is CC(C)(C)N1C(=O)C=CC1=O.CC(C)(C)Sc1ccccn1.CC(C)ON1C(=O)CCC1=O.CC(C)On1nnc2cccnc21.CC(C)n1ccnc1.Cc1c(F)c(F)c(F)c(OC(C)(C)C)c1F. The van der Waals surface area contributed by atoms with Crippen LogP contribution in [0, 0.1) is 30.2 Å². The number of amides is 4. The molecule has 0 bridgehead atoms. The van der Waals surface area contributed by atoms with Gasteiger partial charge in [0.15, 0.2) is 23.2 Å². The lowest BCUT2D eigenvalue weighted by molar-refractivity contribution is -0.198. The van der Waals surface area contributed by atoms with Gasteiger partial charge in [-0.25, -0.2) is 28.1 Å². The Morgan fingerprint density at radius 1 is 0.686 bits per heavy atom. The highest BCUT2D eigenvalue weighted by molar-refractivity contribution is 8.00. The van der Waals surface area contributed by atoms with E-state index in [1.165, 1.54) is 21.9 Å². The molecule has 0 spiro atoms. The number of aromatic nitrogens is 7. The van der Waals surface area contributed by atoms with Crippen LogP contribution in [0.1, 0.15) is 128 Å². The van der Waals surface area contributed by atoms with Gasteiger partial charge in [0, 0.05) is 71.7 Å². The summed E-state index contributed by atoms with van der Waals surface area (Å²) in [4.78, 5) is 69.0. The number of benzene rings is 1. The van der Waals surface area contributed by atoms with E-state index in [9.17, 15) is 36.7 Å². The van der Waals surface area contributed by atoms with Crippen LogP contribution in [0.5, 0.6) is 5.75 Å². The normalized spacial score (nSPS) is 13.5. The average molecular weight is 1000 g/mol. The molecule has 0 atom stereocenters. The van der Waals surface area contributed by atoms with Crippen molar-refractivity contribution >= 4 is 46.6 Å². The van der Waals surface area contributed by atoms with E-state index in [-0.39, 0.29) is 53.4 Å². The quantitative estimate of drug-likeness (QED) is 0.0495. The predicted molar refractivity (Wildman–Crippen MR) is 259 cm³/mol. The van der Waals surface area contributed by atoms with E-state index in [2.05, 4.69) is 64.4 Å². The summed E-state index contributed by atoms with van der Waals surface area (Å²) in [6.45, 7) is 29.4. The summed E-state index contributed by atoms with van der Waals surface area (Å²) < 4.78 is 59.9. The molecular weight excluding hydrogens is 935 g/mol. The summed E-state index contributed by atoms with van der Waals surface area (Å²) in [6, 6.07) is 10.2. The number of halogens is 4. The predicted octanol–water partition coefficient (Wildman–Crippen LogP) is 10.0. The Bertz CT molecular complexity index is 2440. The van der Waals surface area contributed by atoms with Crippen molar-refractivity contribution in [3.63, 3.8) is 0 Å². The molecule has 0 aliphatic carbocycles. The minimum atomic E-state index is -1.72. The molecule has 0 unspecified atom stereocenters. The van der Waals surface area contributed by atoms with Crippen LogP contribution >= 0.6 is 11.8 Å². The standard InChI is InChI=1S/C11H12F4O.C9H13NS.C8H10N4O.C8H11NO2.C7H11NO3.C6H10N2/c1-5-6(12)8(14)9(15)10(7(5)13)16-11(2,3)4;1-9(2,3)11-8-6-4-5-7-10-8;1-6(2)13-12-8-7(10-11-12)4-3-5-9-8;1-8(2,3)9-6(10)4-5-7(9)11;1-5(2)11-8-6(9)3-4-7(8)10;1-6(2)8-4-3-7-5-8/h1-4H3;4-7H,1-3H3;3-6H,1-2H3;4-5H,1-3H3;5H,3-4H2,1-2H3;3-6H,1-2H3. The molecule has 2 aliphatic rings. The van der Waals surface area contributed by atoms with Crippen LogP contribution in [0.3, 0.4) is 0 Å². The van der Waals surface area contributed by atoms with Gasteiger partial charge in [0.1, 0.15) is 17.2 Å². The number of imide groups is 2. The Morgan fingerprint density at radius 3 is 1.69 bits per heavy atom. The molecule has 5 aromatic rings. The second-order valence-electron chi connectivity index (χ2n) is 19.1. The molecule has 4 amide bonds. The molecule has 4 aromatic heterocycles. The molecule has 16 nitrogen and oxygen atoms in total. The maximum atomic E-state index is 13.5. The highest BCUT2D eigenvalue weighted by Crippen LogP contribution is 2.32. The number of fused-ring (bicyclic) bond motifs is 1. The smallest absolute Gasteiger partial charge is 0.254 e. The summed E-state index contributed by atoms with van der Waals surface area (Å²) in [5.41, 5.74) is -0.520. The first kappa shape index (κ1) is 59.9. The topological polar surface area (TPSA) is 177 Å². The van der Waals surface area contributed by atoms with E-state index in [0.29, 0.717) is 11.7 Å². The second kappa shape index (κ2) is 26.7. The van der Waals surface area contributed by atoms with Crippen LogP contribution in [0.15, 0.2) is 78.6 Å². The van der Waals surface area contributed by atoms with Crippen molar-refractivity contribution in [3.8, 4) is 5.75 Å². The van der Waals surface area contributed by atoms with Crippen LogP contribution in [0.25, 0.3) is 11.2 Å². The molecule has 70 heavy (non-hydrogen) atoms. The van der Waals surface area contributed by atoms with E-state index < -0.39 is 45.7 Å². The van der Waals surface area contributed by atoms with Crippen LogP contribution in [0.2, 0.25) is 0 Å². The fraction of sp³-hybridized carbons (Fsp3) is 0.490. The first-order valence-electron chi connectivity index (χ1n) is 22.4. The molecule has 2 aliphatic heterocycles. The van der Waals surface area contributed by atoms with Crippen molar-refractivity contribution in [2.75, 3.05) is 0 Å². The number of hydroxylamine groups is 2. The molecule has 384 valence electrons. The fourth-order valence-electron chi connectivity index (χ4n) is 5.38. The summed E-state index contributed by atoms with van der Waals surface area (Å²) in [6.07, 6.45) is 12.2. The van der Waals surface area contributed by atoms with E-state index in [4.69, 9.17) is 14.4 Å². The van der Waals surface area contributed by atoms with E-state index in [0.717, 1.165) is 22.5 Å². The Balaban J connectivity index is 0.000000291. The van der Waals surface area contributed by atoms with Gasteiger partial charge < -0.3 is 14.1 Å². The molecule has 0 saturated carbocycles. The zero-order valence-electron chi connectivity index (χ0n) is 42.9. The molecule has 1 aromatic carbocycles. The van der Waals surface area contributed by atoms with E-state index >= 15 is 0 Å². The monoisotopic (exact) mass is 1000 g/mol. The number of carbonyl (C=O) groups excluding carboxylic acids is 4. The number of thioether (sulfide) groups is 1. The number of carbonyl (C=O) groups is 4. The number of imidazole rings is 1. The van der Waals surface area contributed by atoms with E-state index in [1.54, 1.807) is 58.8 Å². The third kappa shape index (κ3) is 20.0. The molecule has 7 rings (SSSR count). The van der Waals surface area contributed by atoms with Gasteiger partial charge in [-0.2, -0.15) is 9.45 Å². The molecule has 1 fully saturated rings. The summed E-state index contributed by atoms with van der Waals surface area (Å²) in [5, 5.41) is 9.68. The van der Waals surface area contributed by atoms with Crippen molar-refractivity contribution in [3.05, 3.63) is 102 Å². The Kier molecular flexibility index (Phi) is 22.8. The highest BCUT2D eigenvalue weighted by atomic mass is 32.2. The van der Waals surface area contributed by atoms with Crippen molar-refractivity contribution in [2.45, 2.75) is 163 Å². The number of hydrogen-bond donors (Lipinski definition) is 0. The van der Waals surface area contributed by atoms with Gasteiger partial charge >= 0.3 is 0 Å². The van der Waals surface area contributed by atoms with Crippen LogP contribution in [0.4, 0.5) is 17.6 Å². The lowest BCUT2D eigenvalue weighted by atomic mass is 10.1. The molecule has 21 heteroatoms. The lowest BCUT2D eigenvalue weighted by Crippen LogP contribution is -2.45. The van der Waals surface area contributed by atoms with Crippen molar-refractivity contribution in [1.82, 2.24) is 44.6 Å². The first-order chi connectivity index (χ1) is 32.3. The van der Waals surface area contributed by atoms with Gasteiger partial charge in [0.05, 0.1) is 17.5 Å². The summed E-state index contributed by atoms with van der Waals surface area (Å²) >= 11 is 1.79. The maximum Gasteiger partial charge on any atom is 0.254 e. The van der Waals surface area contributed by atoms with Gasteiger partial charge in [-0.05, 0) is 119 Å². The highest BCUT2D eigenvalue weighted by Gasteiger charge is 2.33. The number of pyridine rings is 2. The fourth-order valence-corrected chi connectivity index (χ4v) is 6.26. The Hall–Kier alpha value is -6.22. The number of nitrogens with zero attached hydrogens (tertiary/aromatic N) is 9. The Morgan fingerprint density at radius 2 is 1.26 bits per heavy atom. The minimum Gasteiger partial charge on any atom is -0.482 e. The summed E-state index contributed by atoms with van der Waals surface area (Å²) in [5.74, 6) is -7.91. The van der Waals surface area contributed by atoms with Crippen molar-refractivity contribution in [1.29, 1.82) is 0 Å². The van der Waals surface area contributed by atoms with Gasteiger partial charge in [-0.3, -0.25) is 28.9 Å². The second-order valence-corrected chi connectivity index (χ2v) is 21.0. The van der Waals surface area contributed by atoms with Gasteiger partial charge in [-0.1, -0.05) is 31.7 Å². The third-order valence-electron chi connectivity index (χ3n) is 8.31. The molecule has 0 radical (unpaired) electrons. The van der Waals surface area contributed by atoms with Crippen molar-refractivity contribution < 1.29 is 51.2 Å². The van der Waals surface area contributed by atoms with Crippen molar-refractivity contribution in [2.24, 2.45) is 0 Å². The third-order valence-corrected chi connectivity index (χ3v) is 9.38. The largest absolute Gasteiger partial charge is 0.482 e. The van der Waals surface area contributed by atoms with Crippen LogP contribution < -0.4 is 9.57 Å². The first-order valence-corrected chi connectivity index (χ1v) is 23.2. The average Bonchev–Trinajstić information content (AvgIpc) is 4.08. The molecule has 6 heterocycles. The minimum absolute atomic E-state index is 0.0620. The molecule has 0 N–H and O–H groups in total. The Labute approximate surface area is 412 Å². The number of rotatable bonds is 7. The van der Waals surface area contributed by atoms with Crippen LogP contribution in [-0.2, 0) is 24.0 Å². The maximum absolute atomic E-state index is 13.5. The lowest BCUT2D eigenvalue weighted by Gasteiger charge is -2.29. The zero-order chi connectivity index (χ0) is 53.3. The van der Waals surface area contributed by atoms with Gasteiger partial charge in [0.2, 0.25) is 11.5 Å². The van der Waals surface area contributed by atoms with Gasteiger partial charge in [-0.15, -0.1) is 16.9 Å². The van der Waals surface area contributed by atoms with Crippen LogP contribution in [-0.4, -0.2) is 96.4 Å². The zero-order valence-corrected chi connectivity index (χ0v) is 43.7. The van der Waals surface area contributed by atoms with E-state index in [1.807, 2.05) is 83.7 Å². The number of hydrogen-bond acceptors (Lipinski definition) is 13. The number of ether oxygens (including phenoxy) is 1.